The lowest BCUT2D eigenvalue weighted by Gasteiger charge is -2.22. The quantitative estimate of drug-likeness (QED) is 0.891. The fourth-order valence-corrected chi connectivity index (χ4v) is 2.99. The van der Waals surface area contributed by atoms with Crippen molar-refractivity contribution in [1.29, 1.82) is 0 Å². The molecule has 18 heavy (non-hydrogen) atoms. The van der Waals surface area contributed by atoms with Crippen molar-refractivity contribution in [2.24, 2.45) is 11.8 Å². The highest BCUT2D eigenvalue weighted by atomic mass is 16.5. The van der Waals surface area contributed by atoms with Crippen LogP contribution in [0.3, 0.4) is 0 Å². The van der Waals surface area contributed by atoms with Crippen molar-refractivity contribution in [3.63, 3.8) is 0 Å². The molecule has 2 rings (SSSR count). The number of ether oxygens (including phenoxy) is 1. The van der Waals surface area contributed by atoms with E-state index in [4.69, 9.17) is 4.74 Å². The highest BCUT2D eigenvalue weighted by Crippen LogP contribution is 2.36. The Balaban J connectivity index is 2.11. The van der Waals surface area contributed by atoms with Gasteiger partial charge in [-0.15, -0.1) is 0 Å². The molecule has 1 aliphatic carbocycles. The zero-order valence-corrected chi connectivity index (χ0v) is 11.7. The van der Waals surface area contributed by atoms with Crippen LogP contribution in [-0.2, 0) is 0 Å². The van der Waals surface area contributed by atoms with E-state index in [1.54, 1.807) is 13.4 Å². The number of hydrogen-bond acceptors (Lipinski definition) is 4. The second kappa shape index (κ2) is 5.55. The van der Waals surface area contributed by atoms with Crippen molar-refractivity contribution in [2.75, 3.05) is 12.4 Å². The van der Waals surface area contributed by atoms with Crippen molar-refractivity contribution in [2.45, 2.75) is 46.1 Å². The Morgan fingerprint density at radius 2 is 2.17 bits per heavy atom. The van der Waals surface area contributed by atoms with Crippen molar-refractivity contribution < 1.29 is 4.74 Å². The summed E-state index contributed by atoms with van der Waals surface area (Å²) in [7, 11) is 1.64. The minimum atomic E-state index is 0.522. The molecule has 1 saturated carbocycles. The predicted octanol–water partition coefficient (Wildman–Crippen LogP) is 3.03. The molecule has 0 bridgehead atoms. The van der Waals surface area contributed by atoms with Gasteiger partial charge in [0.05, 0.1) is 12.7 Å². The van der Waals surface area contributed by atoms with Gasteiger partial charge >= 0.3 is 0 Å². The fourth-order valence-electron chi connectivity index (χ4n) is 2.99. The van der Waals surface area contributed by atoms with Crippen LogP contribution in [0.5, 0.6) is 5.88 Å². The van der Waals surface area contributed by atoms with Crippen molar-refractivity contribution in [3.05, 3.63) is 11.9 Å². The number of aromatic nitrogens is 2. The van der Waals surface area contributed by atoms with Crippen LogP contribution in [0.15, 0.2) is 6.33 Å². The van der Waals surface area contributed by atoms with Crippen LogP contribution in [0.25, 0.3) is 0 Å². The van der Waals surface area contributed by atoms with E-state index in [0.29, 0.717) is 17.8 Å². The molecule has 1 aromatic rings. The Bertz CT molecular complexity index is 408. The van der Waals surface area contributed by atoms with Crippen LogP contribution in [0.4, 0.5) is 5.82 Å². The van der Waals surface area contributed by atoms with Gasteiger partial charge in [0.1, 0.15) is 12.1 Å². The largest absolute Gasteiger partial charge is 0.481 e. The molecule has 100 valence electrons. The van der Waals surface area contributed by atoms with Gasteiger partial charge < -0.3 is 10.1 Å². The van der Waals surface area contributed by atoms with Crippen LogP contribution < -0.4 is 10.1 Å². The third-order valence-electron chi connectivity index (χ3n) is 4.30. The van der Waals surface area contributed by atoms with Gasteiger partial charge in [0, 0.05) is 6.04 Å². The summed E-state index contributed by atoms with van der Waals surface area (Å²) in [6.07, 6.45) is 5.37. The number of hydrogen-bond donors (Lipinski definition) is 1. The van der Waals surface area contributed by atoms with Crippen LogP contribution in [0, 0.1) is 18.8 Å². The number of nitrogens with zero attached hydrogens (tertiary/aromatic N) is 2. The second-order valence-corrected chi connectivity index (χ2v) is 5.21. The van der Waals surface area contributed by atoms with E-state index in [9.17, 15) is 0 Å². The first kappa shape index (κ1) is 13.1. The molecule has 4 nitrogen and oxygen atoms in total. The van der Waals surface area contributed by atoms with Crippen LogP contribution in [0.1, 0.15) is 38.7 Å². The van der Waals surface area contributed by atoms with Crippen LogP contribution in [-0.4, -0.2) is 23.1 Å². The standard InChI is InChI=1S/C14H23N3O/c1-5-11-6-7-12(9(11)2)17-13-10(3)14(18-4)16-8-15-13/h8-9,11-12H,5-7H2,1-4H3,(H,15,16,17). The highest BCUT2D eigenvalue weighted by Gasteiger charge is 2.31. The van der Waals surface area contributed by atoms with Crippen molar-refractivity contribution >= 4 is 5.82 Å². The van der Waals surface area contributed by atoms with Gasteiger partial charge in [-0.25, -0.2) is 9.97 Å². The smallest absolute Gasteiger partial charge is 0.221 e. The van der Waals surface area contributed by atoms with E-state index in [2.05, 4.69) is 29.1 Å². The Hall–Kier alpha value is -1.32. The van der Waals surface area contributed by atoms with Gasteiger partial charge in [0.25, 0.3) is 0 Å². The second-order valence-electron chi connectivity index (χ2n) is 5.21. The van der Waals surface area contributed by atoms with E-state index >= 15 is 0 Å². The molecule has 1 fully saturated rings. The number of rotatable bonds is 4. The van der Waals surface area contributed by atoms with Crippen LogP contribution in [0.2, 0.25) is 0 Å². The Morgan fingerprint density at radius 3 is 2.78 bits per heavy atom. The van der Waals surface area contributed by atoms with Crippen molar-refractivity contribution in [3.8, 4) is 5.88 Å². The minimum Gasteiger partial charge on any atom is -0.481 e. The maximum atomic E-state index is 5.23. The van der Waals surface area contributed by atoms with E-state index in [-0.39, 0.29) is 0 Å². The molecule has 0 radical (unpaired) electrons. The summed E-state index contributed by atoms with van der Waals surface area (Å²) in [5, 5.41) is 3.57. The summed E-state index contributed by atoms with van der Waals surface area (Å²) in [4.78, 5) is 8.44. The first-order chi connectivity index (χ1) is 8.67. The lowest BCUT2D eigenvalue weighted by molar-refractivity contribution is 0.388. The lowest BCUT2D eigenvalue weighted by Crippen LogP contribution is -2.25. The average molecular weight is 249 g/mol. The minimum absolute atomic E-state index is 0.522. The maximum Gasteiger partial charge on any atom is 0.221 e. The summed E-state index contributed by atoms with van der Waals surface area (Å²) < 4.78 is 5.23. The molecular formula is C14H23N3O. The Kier molecular flexibility index (Phi) is 4.04. The predicted molar refractivity (Wildman–Crippen MR) is 72.9 cm³/mol. The van der Waals surface area contributed by atoms with Gasteiger partial charge in [-0.3, -0.25) is 0 Å². The Morgan fingerprint density at radius 1 is 1.39 bits per heavy atom. The highest BCUT2D eigenvalue weighted by molar-refractivity contribution is 5.48. The zero-order chi connectivity index (χ0) is 13.1. The molecule has 1 aromatic heterocycles. The lowest BCUT2D eigenvalue weighted by atomic mass is 9.93. The molecule has 1 aliphatic rings. The van der Waals surface area contributed by atoms with Crippen molar-refractivity contribution in [1.82, 2.24) is 9.97 Å². The number of anilines is 1. The SMILES string of the molecule is CCC1CCC(Nc2ncnc(OC)c2C)C1C. The molecule has 3 unspecified atom stereocenters. The molecule has 0 aliphatic heterocycles. The first-order valence-electron chi connectivity index (χ1n) is 6.79. The zero-order valence-electron chi connectivity index (χ0n) is 11.7. The summed E-state index contributed by atoms with van der Waals surface area (Å²) in [6.45, 7) is 6.62. The third-order valence-corrected chi connectivity index (χ3v) is 4.30. The molecule has 0 aromatic carbocycles. The van der Waals surface area contributed by atoms with E-state index in [1.165, 1.54) is 19.3 Å². The van der Waals surface area contributed by atoms with Gasteiger partial charge in [0.15, 0.2) is 0 Å². The fraction of sp³-hybridized carbons (Fsp3) is 0.714. The molecule has 1 heterocycles. The van der Waals surface area contributed by atoms with Gasteiger partial charge in [0.2, 0.25) is 5.88 Å². The van der Waals surface area contributed by atoms with E-state index in [1.807, 2.05) is 6.92 Å². The summed E-state index contributed by atoms with van der Waals surface area (Å²) >= 11 is 0. The average Bonchev–Trinajstić information content (AvgIpc) is 2.73. The van der Waals surface area contributed by atoms with E-state index in [0.717, 1.165) is 17.3 Å². The molecule has 0 spiro atoms. The first-order valence-corrected chi connectivity index (χ1v) is 6.79. The Labute approximate surface area is 109 Å². The monoisotopic (exact) mass is 249 g/mol. The number of nitrogens with one attached hydrogen (secondary N) is 1. The number of methoxy groups -OCH3 is 1. The summed E-state index contributed by atoms with van der Waals surface area (Å²) in [6, 6.07) is 0.522. The molecule has 0 amide bonds. The topological polar surface area (TPSA) is 47.0 Å². The van der Waals surface area contributed by atoms with Crippen LogP contribution >= 0.6 is 0 Å². The molecular weight excluding hydrogens is 226 g/mol. The van der Waals surface area contributed by atoms with Gasteiger partial charge in [-0.05, 0) is 31.6 Å². The van der Waals surface area contributed by atoms with E-state index < -0.39 is 0 Å². The summed E-state index contributed by atoms with van der Waals surface area (Å²) in [5.41, 5.74) is 0.993. The molecule has 4 heteroatoms. The molecule has 0 saturated heterocycles. The normalized spacial score (nSPS) is 27.2. The third kappa shape index (κ3) is 2.42. The maximum absolute atomic E-state index is 5.23. The van der Waals surface area contributed by atoms with Gasteiger partial charge in [-0.2, -0.15) is 0 Å². The molecule has 1 N–H and O–H groups in total. The molecule has 3 atom stereocenters. The summed E-state index contributed by atoms with van der Waals surface area (Å²) in [5.74, 6) is 3.11. The van der Waals surface area contributed by atoms with Gasteiger partial charge in [-0.1, -0.05) is 20.3 Å².